The number of amides is 1. The first-order valence-corrected chi connectivity index (χ1v) is 5.63. The highest BCUT2D eigenvalue weighted by Gasteiger charge is 2.12. The Morgan fingerprint density at radius 2 is 2.17 bits per heavy atom. The zero-order valence-corrected chi connectivity index (χ0v) is 10.3. The lowest BCUT2D eigenvalue weighted by Crippen LogP contribution is -2.13. The van der Waals surface area contributed by atoms with Crippen molar-refractivity contribution in [3.63, 3.8) is 0 Å². The molecule has 1 amide bonds. The van der Waals surface area contributed by atoms with Crippen LogP contribution in [0.3, 0.4) is 0 Å². The Labute approximate surface area is 109 Å². The predicted octanol–water partition coefficient (Wildman–Crippen LogP) is 3.43. The van der Waals surface area contributed by atoms with Crippen molar-refractivity contribution in [2.75, 3.05) is 5.32 Å². The van der Waals surface area contributed by atoms with Crippen molar-refractivity contribution in [2.24, 2.45) is 0 Å². The van der Waals surface area contributed by atoms with Crippen LogP contribution in [0.2, 0.25) is 5.02 Å². The molecule has 2 aromatic rings. The molecule has 2 rings (SSSR count). The van der Waals surface area contributed by atoms with Crippen LogP contribution in [0.5, 0.6) is 0 Å². The number of aromatic nitrogens is 1. The molecule has 0 saturated heterocycles. The van der Waals surface area contributed by atoms with Crippen molar-refractivity contribution in [3.8, 4) is 0 Å². The van der Waals surface area contributed by atoms with Gasteiger partial charge in [0.05, 0.1) is 16.3 Å². The van der Waals surface area contributed by atoms with Gasteiger partial charge in [-0.25, -0.2) is 4.39 Å². The Kier molecular flexibility index (Phi) is 3.58. The normalized spacial score (nSPS) is 10.2. The highest BCUT2D eigenvalue weighted by Crippen LogP contribution is 2.19. The summed E-state index contributed by atoms with van der Waals surface area (Å²) in [5.41, 5.74) is 1.16. The SMILES string of the molecule is Cc1ccc(NC(=O)c2ccncc2Cl)c(F)c1. The number of nitrogens with one attached hydrogen (secondary N) is 1. The number of halogens is 2. The standard InChI is InChI=1S/C13H10ClFN2O/c1-8-2-3-12(11(15)6-8)17-13(18)9-4-5-16-7-10(9)14/h2-7H,1H3,(H,17,18). The Balaban J connectivity index is 2.24. The van der Waals surface area contributed by atoms with Crippen molar-refractivity contribution >= 4 is 23.2 Å². The van der Waals surface area contributed by atoms with Gasteiger partial charge in [-0.15, -0.1) is 0 Å². The zero-order chi connectivity index (χ0) is 13.1. The summed E-state index contributed by atoms with van der Waals surface area (Å²) >= 11 is 5.83. The van der Waals surface area contributed by atoms with E-state index in [1.807, 2.05) is 0 Å². The number of nitrogens with zero attached hydrogens (tertiary/aromatic N) is 1. The van der Waals surface area contributed by atoms with Gasteiger partial charge in [0.1, 0.15) is 5.82 Å². The van der Waals surface area contributed by atoms with E-state index >= 15 is 0 Å². The molecule has 18 heavy (non-hydrogen) atoms. The molecule has 0 aliphatic heterocycles. The Bertz CT molecular complexity index is 601. The molecular weight excluding hydrogens is 255 g/mol. The second-order valence-corrected chi connectivity index (χ2v) is 4.20. The van der Waals surface area contributed by atoms with Gasteiger partial charge in [-0.2, -0.15) is 0 Å². The number of carbonyl (C=O) groups excluding carboxylic acids is 1. The van der Waals surface area contributed by atoms with E-state index in [1.54, 1.807) is 13.0 Å². The van der Waals surface area contributed by atoms with Gasteiger partial charge in [-0.1, -0.05) is 17.7 Å². The van der Waals surface area contributed by atoms with E-state index in [0.717, 1.165) is 5.56 Å². The van der Waals surface area contributed by atoms with E-state index < -0.39 is 11.7 Å². The molecule has 0 unspecified atom stereocenters. The molecule has 1 heterocycles. The average molecular weight is 265 g/mol. The average Bonchev–Trinajstić information content (AvgIpc) is 2.33. The molecule has 0 atom stereocenters. The van der Waals surface area contributed by atoms with Crippen LogP contribution >= 0.6 is 11.6 Å². The largest absolute Gasteiger partial charge is 0.319 e. The van der Waals surface area contributed by atoms with Gasteiger partial charge in [0, 0.05) is 12.4 Å². The fourth-order valence-corrected chi connectivity index (χ4v) is 1.68. The van der Waals surface area contributed by atoms with Crippen LogP contribution in [-0.2, 0) is 0 Å². The van der Waals surface area contributed by atoms with Crippen LogP contribution in [0.25, 0.3) is 0 Å². The van der Waals surface area contributed by atoms with Gasteiger partial charge in [-0.05, 0) is 30.7 Å². The van der Waals surface area contributed by atoms with E-state index in [-0.39, 0.29) is 16.3 Å². The summed E-state index contributed by atoms with van der Waals surface area (Å²) < 4.78 is 13.6. The maximum absolute atomic E-state index is 13.6. The highest BCUT2D eigenvalue weighted by molar-refractivity contribution is 6.34. The van der Waals surface area contributed by atoms with Crippen LogP contribution in [0.15, 0.2) is 36.7 Å². The third-order valence-electron chi connectivity index (χ3n) is 2.39. The van der Waals surface area contributed by atoms with Gasteiger partial charge in [-0.3, -0.25) is 9.78 Å². The summed E-state index contributed by atoms with van der Waals surface area (Å²) in [6.07, 6.45) is 2.81. The summed E-state index contributed by atoms with van der Waals surface area (Å²) in [6.45, 7) is 1.77. The van der Waals surface area contributed by atoms with Crippen molar-refractivity contribution in [1.82, 2.24) is 4.98 Å². The summed E-state index contributed by atoms with van der Waals surface area (Å²) in [4.78, 5) is 15.7. The monoisotopic (exact) mass is 264 g/mol. The number of hydrogen-bond donors (Lipinski definition) is 1. The fourth-order valence-electron chi connectivity index (χ4n) is 1.47. The van der Waals surface area contributed by atoms with Crippen molar-refractivity contribution in [3.05, 3.63) is 58.6 Å². The minimum absolute atomic E-state index is 0.124. The second kappa shape index (κ2) is 5.14. The summed E-state index contributed by atoms with van der Waals surface area (Å²) in [5, 5.41) is 2.69. The van der Waals surface area contributed by atoms with E-state index in [0.29, 0.717) is 0 Å². The molecule has 0 aliphatic rings. The van der Waals surface area contributed by atoms with Crippen molar-refractivity contribution in [1.29, 1.82) is 0 Å². The zero-order valence-electron chi connectivity index (χ0n) is 9.58. The summed E-state index contributed by atoms with van der Waals surface area (Å²) in [5.74, 6) is -0.946. The first kappa shape index (κ1) is 12.5. The fraction of sp³-hybridized carbons (Fsp3) is 0.0769. The molecule has 92 valence electrons. The van der Waals surface area contributed by atoms with Crippen LogP contribution < -0.4 is 5.32 Å². The molecule has 3 nitrogen and oxygen atoms in total. The molecule has 0 aliphatic carbocycles. The summed E-state index contributed by atoms with van der Waals surface area (Å²) in [6, 6.07) is 6.05. The minimum atomic E-state index is -0.478. The first-order chi connectivity index (χ1) is 8.58. The lowest BCUT2D eigenvalue weighted by atomic mass is 10.2. The molecule has 0 spiro atoms. The Hall–Kier alpha value is -1.94. The lowest BCUT2D eigenvalue weighted by molar-refractivity contribution is 0.102. The maximum atomic E-state index is 13.6. The van der Waals surface area contributed by atoms with Gasteiger partial charge >= 0.3 is 0 Å². The quantitative estimate of drug-likeness (QED) is 0.903. The minimum Gasteiger partial charge on any atom is -0.319 e. The molecule has 0 bridgehead atoms. The smallest absolute Gasteiger partial charge is 0.257 e. The molecule has 1 N–H and O–H groups in total. The Morgan fingerprint density at radius 3 is 2.83 bits per heavy atom. The van der Waals surface area contributed by atoms with Crippen LogP contribution in [0, 0.1) is 12.7 Å². The van der Waals surface area contributed by atoms with Gasteiger partial charge < -0.3 is 5.32 Å². The Morgan fingerprint density at radius 1 is 1.39 bits per heavy atom. The number of hydrogen-bond acceptors (Lipinski definition) is 2. The van der Waals surface area contributed by atoms with Crippen molar-refractivity contribution < 1.29 is 9.18 Å². The number of carbonyl (C=O) groups is 1. The number of benzene rings is 1. The predicted molar refractivity (Wildman–Crippen MR) is 68.3 cm³/mol. The van der Waals surface area contributed by atoms with Gasteiger partial charge in [0.2, 0.25) is 0 Å². The molecule has 0 saturated carbocycles. The molecule has 5 heteroatoms. The van der Waals surface area contributed by atoms with E-state index in [4.69, 9.17) is 11.6 Å². The molecule has 1 aromatic heterocycles. The molecule has 0 fully saturated rings. The molecule has 1 aromatic carbocycles. The second-order valence-electron chi connectivity index (χ2n) is 3.79. The van der Waals surface area contributed by atoms with E-state index in [1.165, 1.54) is 30.6 Å². The lowest BCUT2D eigenvalue weighted by Gasteiger charge is -2.07. The first-order valence-electron chi connectivity index (χ1n) is 5.25. The third kappa shape index (κ3) is 2.65. The van der Waals surface area contributed by atoms with E-state index in [9.17, 15) is 9.18 Å². The maximum Gasteiger partial charge on any atom is 0.257 e. The van der Waals surface area contributed by atoms with Gasteiger partial charge in [0.15, 0.2) is 0 Å². The number of pyridine rings is 1. The molecule has 0 radical (unpaired) electrons. The topological polar surface area (TPSA) is 42.0 Å². The van der Waals surface area contributed by atoms with E-state index in [2.05, 4.69) is 10.3 Å². The van der Waals surface area contributed by atoms with Crippen molar-refractivity contribution in [2.45, 2.75) is 6.92 Å². The third-order valence-corrected chi connectivity index (χ3v) is 2.69. The van der Waals surface area contributed by atoms with Crippen LogP contribution in [-0.4, -0.2) is 10.9 Å². The highest BCUT2D eigenvalue weighted by atomic mass is 35.5. The molecular formula is C13H10ClFN2O. The van der Waals surface area contributed by atoms with Crippen LogP contribution in [0.1, 0.15) is 15.9 Å². The number of rotatable bonds is 2. The number of anilines is 1. The van der Waals surface area contributed by atoms with Crippen LogP contribution in [0.4, 0.5) is 10.1 Å². The summed E-state index contributed by atoms with van der Waals surface area (Å²) in [7, 11) is 0. The van der Waals surface area contributed by atoms with Gasteiger partial charge in [0.25, 0.3) is 5.91 Å². The number of aryl methyl sites for hydroxylation is 1.